The molecule has 0 aliphatic carbocycles. The van der Waals surface area contributed by atoms with Gasteiger partial charge in [0.05, 0.1) is 0 Å². The maximum absolute atomic E-state index is 14.8. The number of nitrogens with zero attached hydrogens (tertiary/aromatic N) is 3. The van der Waals surface area contributed by atoms with Crippen LogP contribution in [0.15, 0.2) is 53.1 Å². The minimum absolute atomic E-state index is 0.0466. The molecule has 4 rings (SSSR count). The third kappa shape index (κ3) is 4.77. The molecule has 0 unspecified atom stereocenters. The molecule has 2 saturated heterocycles. The molecule has 0 saturated carbocycles. The monoisotopic (exact) mass is 464 g/mol. The number of aliphatic hydroxyl groups is 1. The van der Waals surface area contributed by atoms with Crippen LogP contribution in [-0.4, -0.2) is 63.0 Å². The Labute approximate surface area is 186 Å². The van der Waals surface area contributed by atoms with Crippen LogP contribution in [0.5, 0.6) is 0 Å². The highest BCUT2D eigenvalue weighted by Crippen LogP contribution is 2.42. The quantitative estimate of drug-likeness (QED) is 0.529. The van der Waals surface area contributed by atoms with Crippen molar-refractivity contribution < 1.29 is 23.0 Å². The number of benzene rings is 1. The molecule has 2 fully saturated rings. The van der Waals surface area contributed by atoms with Gasteiger partial charge < -0.3 is 26.3 Å². The van der Waals surface area contributed by atoms with Gasteiger partial charge in [-0.15, -0.1) is 0 Å². The van der Waals surface area contributed by atoms with Crippen LogP contribution in [-0.2, 0) is 4.74 Å². The van der Waals surface area contributed by atoms with E-state index in [4.69, 9.17) is 15.9 Å². The van der Waals surface area contributed by atoms with Crippen molar-refractivity contribution in [3.05, 3.63) is 64.6 Å². The van der Waals surface area contributed by atoms with E-state index in [2.05, 4.69) is 10.3 Å². The molecular formula is C21H23F3N6O3. The Kier molecular flexibility index (Phi) is 6.23. The number of ether oxygens (including phenoxy) is 1. The van der Waals surface area contributed by atoms with Crippen molar-refractivity contribution in [1.29, 1.82) is 5.41 Å². The van der Waals surface area contributed by atoms with E-state index < -0.39 is 35.9 Å². The van der Waals surface area contributed by atoms with Crippen molar-refractivity contribution in [1.82, 2.24) is 14.5 Å². The minimum Gasteiger partial charge on any atom is -0.384 e. The first-order chi connectivity index (χ1) is 15.6. The van der Waals surface area contributed by atoms with Gasteiger partial charge in [0.2, 0.25) is 6.23 Å². The van der Waals surface area contributed by atoms with E-state index in [-0.39, 0.29) is 18.9 Å². The summed E-state index contributed by atoms with van der Waals surface area (Å²) in [5.41, 5.74) is 5.87. The van der Waals surface area contributed by atoms with Crippen LogP contribution in [0.25, 0.3) is 0 Å². The Bertz CT molecular complexity index is 1140. The number of nitrogens with two attached hydrogens (primary N) is 1. The SMILES string of the molecule is N=C1CCN(C[C@H]2O[C@@H](n3ccc(N)nc3=O)C(F)(F)[C@@H]2O)C/C1=C/Nc1cccc(F)c1. The first-order valence-corrected chi connectivity index (χ1v) is 10.2. The maximum Gasteiger partial charge on any atom is 0.351 e. The molecule has 3 atom stereocenters. The molecule has 1 aromatic carbocycles. The van der Waals surface area contributed by atoms with Crippen molar-refractivity contribution in [3.63, 3.8) is 0 Å². The molecular weight excluding hydrogens is 441 g/mol. The first-order valence-electron chi connectivity index (χ1n) is 10.2. The van der Waals surface area contributed by atoms with Crippen LogP contribution < -0.4 is 16.7 Å². The second-order valence-corrected chi connectivity index (χ2v) is 7.98. The van der Waals surface area contributed by atoms with Gasteiger partial charge in [-0.25, -0.2) is 9.18 Å². The van der Waals surface area contributed by atoms with Crippen molar-refractivity contribution in [2.75, 3.05) is 30.7 Å². The molecule has 2 aromatic rings. The average molecular weight is 464 g/mol. The largest absolute Gasteiger partial charge is 0.384 e. The number of aromatic nitrogens is 2. The highest BCUT2D eigenvalue weighted by atomic mass is 19.3. The Morgan fingerprint density at radius 2 is 2.18 bits per heavy atom. The van der Waals surface area contributed by atoms with Crippen molar-refractivity contribution in [3.8, 4) is 0 Å². The van der Waals surface area contributed by atoms with Gasteiger partial charge in [0.25, 0.3) is 0 Å². The molecule has 2 aliphatic rings. The molecule has 33 heavy (non-hydrogen) atoms. The predicted molar refractivity (Wildman–Crippen MR) is 115 cm³/mol. The summed E-state index contributed by atoms with van der Waals surface area (Å²) in [6.45, 7) is 0.602. The number of likely N-dealkylation sites (tertiary alicyclic amines) is 1. The first kappa shape index (κ1) is 23.0. The van der Waals surface area contributed by atoms with Crippen LogP contribution in [0.2, 0.25) is 0 Å². The molecule has 0 spiro atoms. The van der Waals surface area contributed by atoms with Crippen molar-refractivity contribution >= 4 is 17.2 Å². The van der Waals surface area contributed by atoms with E-state index in [0.29, 0.717) is 34.5 Å². The molecule has 9 nitrogen and oxygen atoms in total. The summed E-state index contributed by atoms with van der Waals surface area (Å²) in [7, 11) is 0. The van der Waals surface area contributed by atoms with Crippen LogP contribution >= 0.6 is 0 Å². The summed E-state index contributed by atoms with van der Waals surface area (Å²) < 4.78 is 48.9. The van der Waals surface area contributed by atoms with Gasteiger partial charge in [-0.1, -0.05) is 6.07 Å². The fourth-order valence-corrected chi connectivity index (χ4v) is 3.86. The molecule has 12 heteroatoms. The number of rotatable bonds is 5. The zero-order chi connectivity index (χ0) is 23.8. The van der Waals surface area contributed by atoms with E-state index in [1.165, 1.54) is 18.2 Å². The van der Waals surface area contributed by atoms with Crippen molar-refractivity contribution in [2.45, 2.75) is 30.8 Å². The zero-order valence-corrected chi connectivity index (χ0v) is 17.4. The second-order valence-electron chi connectivity index (χ2n) is 7.98. The molecule has 176 valence electrons. The fraction of sp³-hybridized carbons (Fsp3) is 0.381. The Balaban J connectivity index is 1.46. The predicted octanol–water partition coefficient (Wildman–Crippen LogP) is 1.58. The number of nitrogens with one attached hydrogen (secondary N) is 2. The number of halogens is 3. The van der Waals surface area contributed by atoms with Gasteiger partial charge in [0.1, 0.15) is 23.8 Å². The Morgan fingerprint density at radius 1 is 1.39 bits per heavy atom. The summed E-state index contributed by atoms with van der Waals surface area (Å²) >= 11 is 0. The van der Waals surface area contributed by atoms with E-state index in [0.717, 1.165) is 6.20 Å². The highest BCUT2D eigenvalue weighted by molar-refractivity contribution is 5.99. The molecule has 2 aliphatic heterocycles. The van der Waals surface area contributed by atoms with Crippen LogP contribution in [0.3, 0.4) is 0 Å². The van der Waals surface area contributed by atoms with Gasteiger partial charge >= 0.3 is 11.6 Å². The summed E-state index contributed by atoms with van der Waals surface area (Å²) in [6.07, 6.45) is -2.46. The maximum atomic E-state index is 14.8. The number of piperidine rings is 1. The van der Waals surface area contributed by atoms with Gasteiger partial charge in [-0.05, 0) is 24.3 Å². The normalized spacial score (nSPS) is 26.6. The summed E-state index contributed by atoms with van der Waals surface area (Å²) in [6, 6.07) is 7.03. The van der Waals surface area contributed by atoms with Gasteiger partial charge in [0.15, 0.2) is 0 Å². The molecule has 0 amide bonds. The van der Waals surface area contributed by atoms with E-state index in [9.17, 15) is 23.1 Å². The van der Waals surface area contributed by atoms with Crippen LogP contribution in [0.4, 0.5) is 24.7 Å². The number of anilines is 2. The summed E-state index contributed by atoms with van der Waals surface area (Å²) in [5.74, 6) is -4.25. The van der Waals surface area contributed by atoms with Crippen LogP contribution in [0, 0.1) is 11.2 Å². The summed E-state index contributed by atoms with van der Waals surface area (Å²) in [5, 5.41) is 21.3. The number of hydrogen-bond acceptors (Lipinski definition) is 8. The Morgan fingerprint density at radius 3 is 2.91 bits per heavy atom. The average Bonchev–Trinajstić information content (AvgIpc) is 2.98. The molecule has 0 bridgehead atoms. The van der Waals surface area contributed by atoms with E-state index in [1.807, 2.05) is 0 Å². The number of alkyl halides is 2. The molecule has 3 heterocycles. The van der Waals surface area contributed by atoms with Gasteiger partial charge in [-0.3, -0.25) is 9.47 Å². The number of aliphatic hydroxyl groups excluding tert-OH is 1. The molecule has 0 radical (unpaired) electrons. The Hall–Kier alpha value is -3.22. The highest BCUT2D eigenvalue weighted by Gasteiger charge is 2.59. The van der Waals surface area contributed by atoms with Gasteiger partial charge in [-0.2, -0.15) is 13.8 Å². The molecule has 1 aromatic heterocycles. The second kappa shape index (κ2) is 8.96. The lowest BCUT2D eigenvalue weighted by Crippen LogP contribution is -2.46. The topological polar surface area (TPSA) is 129 Å². The third-order valence-corrected chi connectivity index (χ3v) is 5.62. The fourth-order valence-electron chi connectivity index (χ4n) is 3.86. The number of nitrogen functional groups attached to an aromatic ring is 1. The van der Waals surface area contributed by atoms with Crippen molar-refractivity contribution in [2.24, 2.45) is 0 Å². The standard InChI is InChI=1S/C21H23F3N6O3/c22-13-2-1-3-14(8-13)27-9-12-10-29(6-4-15(12)25)11-16-18(31)21(23,24)19(33-16)30-7-5-17(26)28-20(30)32/h1-3,5,7-9,16,18-19,25,27,31H,4,6,10-11H2,(H2,26,28,32)/b12-9-,25-15?/t16-,18-,19-/m1/s1. The van der Waals surface area contributed by atoms with E-state index in [1.54, 1.807) is 23.2 Å². The van der Waals surface area contributed by atoms with Gasteiger partial charge in [0, 0.05) is 55.4 Å². The number of hydrogen-bond donors (Lipinski definition) is 4. The third-order valence-electron chi connectivity index (χ3n) is 5.62. The molecule has 5 N–H and O–H groups in total. The van der Waals surface area contributed by atoms with Crippen LogP contribution in [0.1, 0.15) is 12.6 Å². The lowest BCUT2D eigenvalue weighted by molar-refractivity contribution is -0.140. The van der Waals surface area contributed by atoms with E-state index >= 15 is 0 Å². The lowest BCUT2D eigenvalue weighted by Gasteiger charge is -2.31. The zero-order valence-electron chi connectivity index (χ0n) is 17.4. The smallest absolute Gasteiger partial charge is 0.351 e. The minimum atomic E-state index is -3.73. The lowest BCUT2D eigenvalue weighted by atomic mass is 10.0. The summed E-state index contributed by atoms with van der Waals surface area (Å²) in [4.78, 5) is 17.2.